The highest BCUT2D eigenvalue weighted by atomic mass is 16.3. The molecule has 0 aromatic rings. The van der Waals surface area contributed by atoms with E-state index in [9.17, 15) is 10.2 Å². The first-order chi connectivity index (χ1) is 8.33. The van der Waals surface area contributed by atoms with Crippen molar-refractivity contribution in [2.24, 2.45) is 5.92 Å². The van der Waals surface area contributed by atoms with Gasteiger partial charge in [-0.2, -0.15) is 0 Å². The van der Waals surface area contributed by atoms with Crippen LogP contribution in [0.25, 0.3) is 0 Å². The Hall–Kier alpha value is -0.120. The van der Waals surface area contributed by atoms with Crippen molar-refractivity contribution in [2.75, 3.05) is 13.1 Å². The molecule has 1 aliphatic carbocycles. The van der Waals surface area contributed by atoms with E-state index in [2.05, 4.69) is 19.2 Å². The zero-order valence-corrected chi connectivity index (χ0v) is 12.3. The highest BCUT2D eigenvalue weighted by Crippen LogP contribution is 2.26. The molecule has 0 amide bonds. The summed E-state index contributed by atoms with van der Waals surface area (Å²) in [5.74, 6) is 0.489. The van der Waals surface area contributed by atoms with Crippen LogP contribution in [0, 0.1) is 5.92 Å². The minimum atomic E-state index is -0.671. The molecule has 0 heterocycles. The molecule has 1 aliphatic rings. The summed E-state index contributed by atoms with van der Waals surface area (Å²) in [6, 6.07) is 0. The predicted molar refractivity (Wildman–Crippen MR) is 75.6 cm³/mol. The van der Waals surface area contributed by atoms with Crippen molar-refractivity contribution in [3.05, 3.63) is 0 Å². The van der Waals surface area contributed by atoms with Crippen molar-refractivity contribution < 1.29 is 10.2 Å². The van der Waals surface area contributed by atoms with Gasteiger partial charge in [0.25, 0.3) is 0 Å². The lowest BCUT2D eigenvalue weighted by Gasteiger charge is -2.30. The number of nitrogens with one attached hydrogen (secondary N) is 1. The van der Waals surface area contributed by atoms with Crippen LogP contribution in [0.4, 0.5) is 0 Å². The average Bonchev–Trinajstić information content (AvgIpc) is 2.41. The van der Waals surface area contributed by atoms with Gasteiger partial charge in [-0.3, -0.25) is 0 Å². The minimum Gasteiger partial charge on any atom is -0.389 e. The molecule has 3 heteroatoms. The normalized spacial score (nSPS) is 23.7. The minimum absolute atomic E-state index is 0.489. The van der Waals surface area contributed by atoms with Crippen molar-refractivity contribution in [3.8, 4) is 0 Å². The maximum Gasteiger partial charge on any atom is 0.0771 e. The lowest BCUT2D eigenvalue weighted by atomic mass is 9.92. The predicted octanol–water partition coefficient (Wildman–Crippen LogP) is 2.46. The molecule has 0 radical (unpaired) electrons. The molecular weight excluding hydrogens is 226 g/mol. The molecule has 1 saturated carbocycles. The fourth-order valence-electron chi connectivity index (χ4n) is 3.08. The molecule has 3 N–H and O–H groups in total. The van der Waals surface area contributed by atoms with Gasteiger partial charge in [0, 0.05) is 13.1 Å². The lowest BCUT2D eigenvalue weighted by Crippen LogP contribution is -2.46. The molecule has 1 fully saturated rings. The van der Waals surface area contributed by atoms with Gasteiger partial charge in [0.1, 0.15) is 0 Å². The van der Waals surface area contributed by atoms with E-state index in [0.717, 1.165) is 32.1 Å². The van der Waals surface area contributed by atoms with E-state index in [1.807, 2.05) is 6.92 Å². The first-order valence-corrected chi connectivity index (χ1v) is 7.49. The highest BCUT2D eigenvalue weighted by Gasteiger charge is 2.29. The van der Waals surface area contributed by atoms with Gasteiger partial charge in [-0.1, -0.05) is 39.5 Å². The Bertz CT molecular complexity index is 231. The van der Waals surface area contributed by atoms with Crippen LogP contribution >= 0.6 is 0 Å². The Morgan fingerprint density at radius 3 is 2.22 bits per heavy atom. The monoisotopic (exact) mass is 257 g/mol. The molecule has 3 nitrogen and oxygen atoms in total. The van der Waals surface area contributed by atoms with Gasteiger partial charge in [-0.25, -0.2) is 0 Å². The van der Waals surface area contributed by atoms with Gasteiger partial charge in [-0.05, 0) is 32.1 Å². The van der Waals surface area contributed by atoms with Crippen LogP contribution in [-0.2, 0) is 0 Å². The van der Waals surface area contributed by atoms with Crippen molar-refractivity contribution in [2.45, 2.75) is 76.9 Å². The molecule has 0 aromatic heterocycles. The highest BCUT2D eigenvalue weighted by molar-refractivity contribution is 4.85. The van der Waals surface area contributed by atoms with E-state index in [0.29, 0.717) is 19.0 Å². The van der Waals surface area contributed by atoms with E-state index in [1.165, 1.54) is 12.8 Å². The summed E-state index contributed by atoms with van der Waals surface area (Å²) in [6.45, 7) is 7.28. The standard InChI is InChI=1S/C15H31NO2/c1-13(2)10-14(3,17)11-16-12-15(18)8-6-4-5-7-9-15/h13,16-18H,4-12H2,1-3H3. The summed E-state index contributed by atoms with van der Waals surface area (Å²) in [5.41, 5.74) is -1.22. The van der Waals surface area contributed by atoms with Crippen molar-refractivity contribution in [1.29, 1.82) is 0 Å². The summed E-state index contributed by atoms with van der Waals surface area (Å²) in [7, 11) is 0. The zero-order valence-electron chi connectivity index (χ0n) is 12.3. The fraction of sp³-hybridized carbons (Fsp3) is 1.00. The van der Waals surface area contributed by atoms with Crippen LogP contribution in [0.1, 0.15) is 65.7 Å². The van der Waals surface area contributed by atoms with E-state index < -0.39 is 11.2 Å². The smallest absolute Gasteiger partial charge is 0.0771 e. The summed E-state index contributed by atoms with van der Waals surface area (Å²) in [5, 5.41) is 24.0. The number of hydrogen-bond acceptors (Lipinski definition) is 3. The molecule has 1 rings (SSSR count). The first kappa shape index (κ1) is 15.9. The quantitative estimate of drug-likeness (QED) is 0.641. The Balaban J connectivity index is 2.31. The number of hydrogen-bond donors (Lipinski definition) is 3. The van der Waals surface area contributed by atoms with Crippen LogP contribution in [-0.4, -0.2) is 34.5 Å². The third-order valence-corrected chi connectivity index (χ3v) is 3.84. The largest absolute Gasteiger partial charge is 0.389 e. The van der Waals surface area contributed by atoms with Crippen molar-refractivity contribution in [3.63, 3.8) is 0 Å². The molecule has 18 heavy (non-hydrogen) atoms. The van der Waals surface area contributed by atoms with Gasteiger partial charge in [0.2, 0.25) is 0 Å². The van der Waals surface area contributed by atoms with Gasteiger partial charge < -0.3 is 15.5 Å². The third-order valence-electron chi connectivity index (χ3n) is 3.84. The summed E-state index contributed by atoms with van der Waals surface area (Å²) in [4.78, 5) is 0. The molecule has 0 saturated heterocycles. The molecule has 108 valence electrons. The molecule has 0 aromatic carbocycles. The molecule has 1 unspecified atom stereocenters. The van der Waals surface area contributed by atoms with Crippen molar-refractivity contribution in [1.82, 2.24) is 5.32 Å². The van der Waals surface area contributed by atoms with E-state index in [-0.39, 0.29) is 0 Å². The van der Waals surface area contributed by atoms with Crippen LogP contribution in [0.3, 0.4) is 0 Å². The zero-order chi connectivity index (χ0) is 13.6. The molecule has 0 bridgehead atoms. The van der Waals surface area contributed by atoms with Crippen LogP contribution in [0.15, 0.2) is 0 Å². The van der Waals surface area contributed by atoms with Gasteiger partial charge >= 0.3 is 0 Å². The second-order valence-corrected chi connectivity index (χ2v) is 6.84. The lowest BCUT2D eigenvalue weighted by molar-refractivity contribution is 0.00665. The van der Waals surface area contributed by atoms with Crippen LogP contribution < -0.4 is 5.32 Å². The van der Waals surface area contributed by atoms with Gasteiger partial charge in [0.05, 0.1) is 11.2 Å². The van der Waals surface area contributed by atoms with E-state index in [1.54, 1.807) is 0 Å². The Labute approximate surface area is 112 Å². The Kier molecular flexibility index (Phi) is 6.09. The molecule has 0 spiro atoms. The number of aliphatic hydroxyl groups is 2. The average molecular weight is 257 g/mol. The maximum absolute atomic E-state index is 10.5. The fourth-order valence-corrected chi connectivity index (χ4v) is 3.08. The van der Waals surface area contributed by atoms with E-state index >= 15 is 0 Å². The number of rotatable bonds is 6. The SMILES string of the molecule is CC(C)CC(C)(O)CNCC1(O)CCCCCC1. The maximum atomic E-state index is 10.5. The Morgan fingerprint density at radius 2 is 1.72 bits per heavy atom. The molecule has 0 aliphatic heterocycles. The molecular formula is C15H31NO2. The van der Waals surface area contributed by atoms with Gasteiger partial charge in [-0.15, -0.1) is 0 Å². The Morgan fingerprint density at radius 1 is 1.17 bits per heavy atom. The summed E-state index contributed by atoms with van der Waals surface area (Å²) < 4.78 is 0. The van der Waals surface area contributed by atoms with Crippen LogP contribution in [0.2, 0.25) is 0 Å². The first-order valence-electron chi connectivity index (χ1n) is 7.49. The molecule has 1 atom stereocenters. The third kappa shape index (κ3) is 6.17. The van der Waals surface area contributed by atoms with Crippen molar-refractivity contribution >= 4 is 0 Å². The van der Waals surface area contributed by atoms with E-state index in [4.69, 9.17) is 0 Å². The second-order valence-electron chi connectivity index (χ2n) is 6.84. The van der Waals surface area contributed by atoms with Gasteiger partial charge in [0.15, 0.2) is 0 Å². The topological polar surface area (TPSA) is 52.5 Å². The van der Waals surface area contributed by atoms with Crippen LogP contribution in [0.5, 0.6) is 0 Å². The summed E-state index contributed by atoms with van der Waals surface area (Å²) in [6.07, 6.45) is 7.32. The second kappa shape index (κ2) is 6.88. The summed E-state index contributed by atoms with van der Waals surface area (Å²) >= 11 is 0.